The number of imide groups is 1. The largest absolute Gasteiger partial charge is 0.369 e. The fourth-order valence-electron chi connectivity index (χ4n) is 5.18. The van der Waals surface area contributed by atoms with Gasteiger partial charge in [0.1, 0.15) is 0 Å². The highest BCUT2D eigenvalue weighted by Gasteiger charge is 2.35. The smallest absolute Gasteiger partial charge is 0.235 e. The van der Waals surface area contributed by atoms with E-state index >= 15 is 0 Å². The molecule has 0 saturated carbocycles. The summed E-state index contributed by atoms with van der Waals surface area (Å²) in [7, 11) is 1.95. The molecule has 176 valence electrons. The van der Waals surface area contributed by atoms with Crippen LogP contribution in [0, 0.1) is 17.8 Å². The van der Waals surface area contributed by atoms with Crippen LogP contribution in [0.1, 0.15) is 77.8 Å². The summed E-state index contributed by atoms with van der Waals surface area (Å²) >= 11 is 0. The van der Waals surface area contributed by atoms with Crippen LogP contribution in [-0.2, 0) is 16.6 Å². The van der Waals surface area contributed by atoms with Gasteiger partial charge in [-0.2, -0.15) is 5.10 Å². The molecule has 2 aromatic rings. The fraction of sp³-hybridized carbons (Fsp3) is 0.654. The minimum atomic E-state index is -0.419. The lowest BCUT2D eigenvalue weighted by Gasteiger charge is -2.46. The van der Waals surface area contributed by atoms with Gasteiger partial charge >= 0.3 is 0 Å². The summed E-state index contributed by atoms with van der Waals surface area (Å²) in [6, 6.07) is 6.28. The number of benzene rings is 1. The standard InChI is InChI=1S/C26H40N4O2/c1-6-8-9-12-18(3)19(4)20-15-30(16-20)23-14-10-13-21-24(28-29(5)25(21)23)22(11-7-2)26(32)27-17-31/h10,13-14,17-20,22H,6-9,11-12,15-16H2,1-5H3,(H,27,31,32). The molecule has 1 saturated heterocycles. The van der Waals surface area contributed by atoms with Crippen molar-refractivity contribution in [2.45, 2.75) is 72.1 Å². The Balaban J connectivity index is 1.79. The fourth-order valence-corrected chi connectivity index (χ4v) is 5.18. The summed E-state index contributed by atoms with van der Waals surface area (Å²) in [5.74, 6) is 1.52. The van der Waals surface area contributed by atoms with Gasteiger partial charge in [0.05, 0.1) is 22.8 Å². The van der Waals surface area contributed by atoms with Crippen molar-refractivity contribution >= 4 is 28.9 Å². The third kappa shape index (κ3) is 5.00. The molecule has 1 aliphatic heterocycles. The lowest BCUT2D eigenvalue weighted by molar-refractivity contribution is -0.126. The molecule has 3 unspecified atom stereocenters. The Kier molecular flexibility index (Phi) is 8.32. The van der Waals surface area contributed by atoms with Gasteiger partial charge in [-0.15, -0.1) is 0 Å². The van der Waals surface area contributed by atoms with E-state index in [-0.39, 0.29) is 5.91 Å². The van der Waals surface area contributed by atoms with E-state index in [1.807, 2.05) is 24.7 Å². The molecule has 3 rings (SSSR count). The van der Waals surface area contributed by atoms with Crippen LogP contribution in [0.5, 0.6) is 0 Å². The second kappa shape index (κ2) is 11.0. The van der Waals surface area contributed by atoms with Crippen LogP contribution >= 0.6 is 0 Å². The van der Waals surface area contributed by atoms with Crippen molar-refractivity contribution in [1.29, 1.82) is 0 Å². The number of nitrogens with one attached hydrogen (secondary N) is 1. The van der Waals surface area contributed by atoms with E-state index in [1.165, 1.54) is 31.4 Å². The molecule has 1 aromatic heterocycles. The van der Waals surface area contributed by atoms with Gasteiger partial charge in [0.25, 0.3) is 0 Å². The van der Waals surface area contributed by atoms with Gasteiger partial charge in [-0.25, -0.2) is 0 Å². The molecule has 6 heteroatoms. The number of aromatic nitrogens is 2. The highest BCUT2D eigenvalue weighted by molar-refractivity contribution is 5.98. The number of hydrogen-bond acceptors (Lipinski definition) is 4. The normalized spacial score (nSPS) is 17.1. The van der Waals surface area contributed by atoms with E-state index in [2.05, 4.69) is 43.1 Å². The first-order valence-electron chi connectivity index (χ1n) is 12.4. The molecule has 0 bridgehead atoms. The predicted octanol–water partition coefficient (Wildman–Crippen LogP) is 5.02. The van der Waals surface area contributed by atoms with Crippen molar-refractivity contribution in [3.63, 3.8) is 0 Å². The van der Waals surface area contributed by atoms with Crippen molar-refractivity contribution < 1.29 is 9.59 Å². The summed E-state index contributed by atoms with van der Waals surface area (Å²) in [4.78, 5) is 25.9. The van der Waals surface area contributed by atoms with Crippen molar-refractivity contribution in [3.05, 3.63) is 23.9 Å². The van der Waals surface area contributed by atoms with Gasteiger partial charge in [0, 0.05) is 25.5 Å². The van der Waals surface area contributed by atoms with E-state index in [0.717, 1.165) is 53.9 Å². The Bertz CT molecular complexity index is 916. The lowest BCUT2D eigenvalue weighted by Crippen LogP contribution is -2.50. The number of nitrogens with zero attached hydrogens (tertiary/aromatic N) is 3. The van der Waals surface area contributed by atoms with E-state index in [4.69, 9.17) is 5.10 Å². The van der Waals surface area contributed by atoms with Gasteiger partial charge in [-0.3, -0.25) is 19.6 Å². The van der Waals surface area contributed by atoms with Crippen molar-refractivity contribution in [1.82, 2.24) is 15.1 Å². The SMILES string of the molecule is CCCCCC(C)C(C)C1CN(c2cccc3c(C(CCC)C(=O)NC=O)nn(C)c23)C1. The Morgan fingerprint density at radius 2 is 1.94 bits per heavy atom. The molecule has 32 heavy (non-hydrogen) atoms. The molecule has 2 amide bonds. The zero-order chi connectivity index (χ0) is 23.3. The summed E-state index contributed by atoms with van der Waals surface area (Å²) < 4.78 is 1.90. The number of rotatable bonds is 12. The van der Waals surface area contributed by atoms with Crippen molar-refractivity contribution in [3.8, 4) is 0 Å². The maximum Gasteiger partial charge on any atom is 0.235 e. The monoisotopic (exact) mass is 440 g/mol. The molecule has 6 nitrogen and oxygen atoms in total. The average Bonchev–Trinajstić information content (AvgIpc) is 3.08. The number of aryl methyl sites for hydroxylation is 1. The van der Waals surface area contributed by atoms with Crippen LogP contribution in [-0.4, -0.2) is 35.2 Å². The Labute approximate surface area is 192 Å². The number of anilines is 1. The molecule has 1 N–H and O–H groups in total. The summed E-state index contributed by atoms with van der Waals surface area (Å²) in [5.41, 5.74) is 3.03. The zero-order valence-electron chi connectivity index (χ0n) is 20.4. The number of carbonyl (C=O) groups is 2. The van der Waals surface area contributed by atoms with Gasteiger partial charge in [-0.1, -0.05) is 71.9 Å². The minimum absolute atomic E-state index is 0.276. The second-order valence-corrected chi connectivity index (χ2v) is 9.65. The zero-order valence-corrected chi connectivity index (χ0v) is 20.4. The van der Waals surface area contributed by atoms with E-state index in [0.29, 0.717) is 12.8 Å². The number of fused-ring (bicyclic) bond motifs is 1. The third-order valence-electron chi connectivity index (χ3n) is 7.45. The number of amides is 2. The van der Waals surface area contributed by atoms with Crippen LogP contribution in [0.25, 0.3) is 10.9 Å². The molecule has 1 fully saturated rings. The maximum atomic E-state index is 12.5. The minimum Gasteiger partial charge on any atom is -0.369 e. The Hall–Kier alpha value is -2.37. The lowest BCUT2D eigenvalue weighted by atomic mass is 9.77. The average molecular weight is 441 g/mol. The van der Waals surface area contributed by atoms with Crippen LogP contribution in [0.2, 0.25) is 0 Å². The first kappa shape index (κ1) is 24.3. The second-order valence-electron chi connectivity index (χ2n) is 9.65. The van der Waals surface area contributed by atoms with Gasteiger partial charge < -0.3 is 4.90 Å². The molecule has 0 spiro atoms. The summed E-state index contributed by atoms with van der Waals surface area (Å²) in [5, 5.41) is 8.09. The van der Waals surface area contributed by atoms with Crippen LogP contribution in [0.4, 0.5) is 5.69 Å². The topological polar surface area (TPSA) is 67.2 Å². The molecule has 0 radical (unpaired) electrons. The predicted molar refractivity (Wildman–Crippen MR) is 131 cm³/mol. The number of unbranched alkanes of at least 4 members (excludes halogenated alkanes) is 2. The Morgan fingerprint density at radius 3 is 2.59 bits per heavy atom. The number of hydrogen-bond donors (Lipinski definition) is 1. The molecular weight excluding hydrogens is 400 g/mol. The van der Waals surface area contributed by atoms with E-state index < -0.39 is 5.92 Å². The first-order chi connectivity index (χ1) is 15.4. The maximum absolute atomic E-state index is 12.5. The molecule has 3 atom stereocenters. The molecular formula is C26H40N4O2. The highest BCUT2D eigenvalue weighted by atomic mass is 16.2. The van der Waals surface area contributed by atoms with Crippen LogP contribution in [0.15, 0.2) is 18.2 Å². The highest BCUT2D eigenvalue weighted by Crippen LogP contribution is 2.39. The Morgan fingerprint density at radius 1 is 1.19 bits per heavy atom. The van der Waals surface area contributed by atoms with Gasteiger partial charge in [0.2, 0.25) is 12.3 Å². The van der Waals surface area contributed by atoms with Gasteiger partial charge in [-0.05, 0) is 30.2 Å². The number of para-hydroxylation sites is 1. The van der Waals surface area contributed by atoms with Crippen LogP contribution in [0.3, 0.4) is 0 Å². The number of carbonyl (C=O) groups excluding carboxylic acids is 2. The van der Waals surface area contributed by atoms with Crippen molar-refractivity contribution in [2.75, 3.05) is 18.0 Å². The van der Waals surface area contributed by atoms with Gasteiger partial charge in [0.15, 0.2) is 0 Å². The quantitative estimate of drug-likeness (QED) is 0.372. The molecule has 1 aliphatic rings. The molecule has 2 heterocycles. The summed E-state index contributed by atoms with van der Waals surface area (Å²) in [6.45, 7) is 11.3. The third-order valence-corrected chi connectivity index (χ3v) is 7.45. The summed E-state index contributed by atoms with van der Waals surface area (Å²) in [6.07, 6.45) is 7.26. The first-order valence-corrected chi connectivity index (χ1v) is 12.4. The van der Waals surface area contributed by atoms with E-state index in [9.17, 15) is 9.59 Å². The molecule has 1 aromatic carbocycles. The van der Waals surface area contributed by atoms with Crippen molar-refractivity contribution in [2.24, 2.45) is 24.8 Å². The van der Waals surface area contributed by atoms with Crippen LogP contribution < -0.4 is 10.2 Å². The molecule has 0 aliphatic carbocycles. The van der Waals surface area contributed by atoms with E-state index in [1.54, 1.807) is 0 Å².